The van der Waals surface area contributed by atoms with Gasteiger partial charge in [-0.1, -0.05) is 6.92 Å². The number of hydrogen-bond acceptors (Lipinski definition) is 4. The summed E-state index contributed by atoms with van der Waals surface area (Å²) < 4.78 is 94.5. The molecule has 4 nitrogen and oxygen atoms in total. The lowest BCUT2D eigenvalue weighted by Crippen LogP contribution is -2.54. The van der Waals surface area contributed by atoms with Gasteiger partial charge in [-0.2, -0.15) is 30.7 Å². The number of ether oxygens (including phenoxy) is 2. The SMILES string of the molecule is CCCOC(=O)CCCC(=O)OCC(F)(F)C(F)(F)C(F)(F)F. The molecule has 0 aliphatic heterocycles. The van der Waals surface area contributed by atoms with E-state index in [1.54, 1.807) is 6.92 Å². The number of esters is 2. The van der Waals surface area contributed by atoms with Gasteiger partial charge in [0, 0.05) is 12.8 Å². The zero-order chi connectivity index (χ0) is 18.3. The van der Waals surface area contributed by atoms with Gasteiger partial charge in [0.2, 0.25) is 0 Å². The largest absolute Gasteiger partial charge is 0.466 e. The second-order valence-electron chi connectivity index (χ2n) is 4.51. The van der Waals surface area contributed by atoms with Crippen molar-refractivity contribution in [3.8, 4) is 0 Å². The van der Waals surface area contributed by atoms with Crippen LogP contribution in [0.15, 0.2) is 0 Å². The topological polar surface area (TPSA) is 52.6 Å². The number of rotatable bonds is 9. The first-order chi connectivity index (χ1) is 10.3. The van der Waals surface area contributed by atoms with Gasteiger partial charge < -0.3 is 9.47 Å². The van der Waals surface area contributed by atoms with Gasteiger partial charge in [-0.05, 0) is 12.8 Å². The number of carbonyl (C=O) groups excluding carboxylic acids is 2. The minimum atomic E-state index is -6.48. The highest BCUT2D eigenvalue weighted by atomic mass is 19.4. The summed E-state index contributed by atoms with van der Waals surface area (Å²) in [4.78, 5) is 22.1. The van der Waals surface area contributed by atoms with E-state index in [1.165, 1.54) is 0 Å². The van der Waals surface area contributed by atoms with Crippen LogP contribution in [0, 0.1) is 0 Å². The van der Waals surface area contributed by atoms with E-state index < -0.39 is 43.0 Å². The standard InChI is InChI=1S/C12H15F7O4/c1-2-6-22-8(20)4-3-5-9(21)23-7-10(13,14)11(15,16)12(17,18)19/h2-7H2,1H3. The molecule has 0 spiro atoms. The molecule has 0 aromatic heterocycles. The zero-order valence-corrected chi connectivity index (χ0v) is 12.0. The maximum Gasteiger partial charge on any atom is 0.460 e. The fourth-order valence-electron chi connectivity index (χ4n) is 1.21. The van der Waals surface area contributed by atoms with E-state index in [0.717, 1.165) is 0 Å². The van der Waals surface area contributed by atoms with Gasteiger partial charge in [-0.15, -0.1) is 0 Å². The van der Waals surface area contributed by atoms with Crippen molar-refractivity contribution in [1.29, 1.82) is 0 Å². The average Bonchev–Trinajstić information content (AvgIpc) is 2.41. The van der Waals surface area contributed by atoms with E-state index in [4.69, 9.17) is 0 Å². The molecule has 0 aromatic carbocycles. The summed E-state index contributed by atoms with van der Waals surface area (Å²) >= 11 is 0. The molecule has 0 N–H and O–H groups in total. The van der Waals surface area contributed by atoms with Crippen LogP contribution in [0.2, 0.25) is 0 Å². The minimum Gasteiger partial charge on any atom is -0.466 e. The summed E-state index contributed by atoms with van der Waals surface area (Å²) in [5, 5.41) is 0. The Morgan fingerprint density at radius 1 is 0.870 bits per heavy atom. The third kappa shape index (κ3) is 6.61. The molecular formula is C12H15F7O4. The predicted octanol–water partition coefficient (Wildman–Crippen LogP) is 3.49. The molecule has 0 radical (unpaired) electrons. The Morgan fingerprint density at radius 2 is 1.35 bits per heavy atom. The zero-order valence-electron chi connectivity index (χ0n) is 12.0. The van der Waals surface area contributed by atoms with Gasteiger partial charge in [0.05, 0.1) is 6.61 Å². The Labute approximate surface area is 126 Å². The first-order valence-electron chi connectivity index (χ1n) is 6.48. The monoisotopic (exact) mass is 356 g/mol. The molecule has 0 aromatic rings. The highest BCUT2D eigenvalue weighted by molar-refractivity contribution is 5.72. The van der Waals surface area contributed by atoms with Gasteiger partial charge in [0.1, 0.15) is 0 Å². The third-order valence-corrected chi connectivity index (χ3v) is 2.46. The molecule has 0 aliphatic rings. The van der Waals surface area contributed by atoms with Crippen LogP contribution in [-0.4, -0.2) is 43.2 Å². The molecule has 0 amide bonds. The first kappa shape index (κ1) is 21.4. The van der Waals surface area contributed by atoms with Crippen LogP contribution in [0.25, 0.3) is 0 Å². The predicted molar refractivity (Wildman–Crippen MR) is 62.0 cm³/mol. The first-order valence-corrected chi connectivity index (χ1v) is 6.48. The van der Waals surface area contributed by atoms with Crippen molar-refractivity contribution in [3.05, 3.63) is 0 Å². The minimum absolute atomic E-state index is 0.155. The van der Waals surface area contributed by atoms with Crippen LogP contribution in [0.3, 0.4) is 0 Å². The van der Waals surface area contributed by atoms with Crippen molar-refractivity contribution in [2.75, 3.05) is 13.2 Å². The Morgan fingerprint density at radius 3 is 1.78 bits per heavy atom. The van der Waals surface area contributed by atoms with Crippen molar-refractivity contribution in [3.63, 3.8) is 0 Å². The van der Waals surface area contributed by atoms with Gasteiger partial charge in [0.25, 0.3) is 0 Å². The second-order valence-corrected chi connectivity index (χ2v) is 4.51. The molecule has 0 rings (SSSR count). The normalized spacial score (nSPS) is 12.9. The van der Waals surface area contributed by atoms with Crippen LogP contribution in [0.1, 0.15) is 32.6 Å². The molecular weight excluding hydrogens is 341 g/mol. The average molecular weight is 356 g/mol. The molecule has 0 aliphatic carbocycles. The van der Waals surface area contributed by atoms with Crippen molar-refractivity contribution >= 4 is 11.9 Å². The Kier molecular flexibility index (Phi) is 7.78. The number of halogens is 7. The van der Waals surface area contributed by atoms with Crippen LogP contribution in [-0.2, 0) is 19.1 Å². The van der Waals surface area contributed by atoms with E-state index in [-0.39, 0.29) is 19.4 Å². The van der Waals surface area contributed by atoms with Gasteiger partial charge >= 0.3 is 30.0 Å². The molecule has 136 valence electrons. The van der Waals surface area contributed by atoms with E-state index in [1.807, 2.05) is 0 Å². The van der Waals surface area contributed by atoms with E-state index >= 15 is 0 Å². The summed E-state index contributed by atoms with van der Waals surface area (Å²) in [6, 6.07) is 0. The van der Waals surface area contributed by atoms with Crippen molar-refractivity contribution in [1.82, 2.24) is 0 Å². The van der Waals surface area contributed by atoms with Crippen LogP contribution in [0.5, 0.6) is 0 Å². The lowest BCUT2D eigenvalue weighted by atomic mass is 10.2. The molecule has 0 unspecified atom stereocenters. The number of carbonyl (C=O) groups is 2. The van der Waals surface area contributed by atoms with Crippen molar-refractivity contribution < 1.29 is 49.8 Å². The van der Waals surface area contributed by atoms with E-state index in [2.05, 4.69) is 9.47 Å². The third-order valence-electron chi connectivity index (χ3n) is 2.46. The lowest BCUT2D eigenvalue weighted by molar-refractivity contribution is -0.359. The maximum absolute atomic E-state index is 12.8. The fraction of sp³-hybridized carbons (Fsp3) is 0.833. The van der Waals surface area contributed by atoms with Crippen molar-refractivity contribution in [2.24, 2.45) is 0 Å². The maximum atomic E-state index is 12.8. The van der Waals surface area contributed by atoms with E-state index in [0.29, 0.717) is 6.42 Å². The fourth-order valence-corrected chi connectivity index (χ4v) is 1.21. The Balaban J connectivity index is 4.26. The quantitative estimate of drug-likeness (QED) is 0.469. The van der Waals surface area contributed by atoms with Gasteiger partial charge in [-0.25, -0.2) is 0 Å². The van der Waals surface area contributed by atoms with Crippen LogP contribution in [0.4, 0.5) is 30.7 Å². The summed E-state index contributed by atoms with van der Waals surface area (Å²) in [7, 11) is 0. The van der Waals surface area contributed by atoms with Crippen LogP contribution < -0.4 is 0 Å². The molecule has 0 saturated heterocycles. The smallest absolute Gasteiger partial charge is 0.460 e. The Hall–Kier alpha value is -1.55. The molecule has 0 fully saturated rings. The summed E-state index contributed by atoms with van der Waals surface area (Å²) in [5.41, 5.74) is 0. The second kappa shape index (κ2) is 8.34. The van der Waals surface area contributed by atoms with E-state index in [9.17, 15) is 40.3 Å². The van der Waals surface area contributed by atoms with Gasteiger partial charge in [-0.3, -0.25) is 9.59 Å². The molecule has 0 heterocycles. The Bertz CT molecular complexity index is 407. The molecule has 0 saturated carbocycles. The van der Waals surface area contributed by atoms with Crippen molar-refractivity contribution in [2.45, 2.75) is 50.6 Å². The summed E-state index contributed by atoms with van der Waals surface area (Å²) in [5.74, 6) is -14.0. The van der Waals surface area contributed by atoms with Crippen LogP contribution >= 0.6 is 0 Å². The van der Waals surface area contributed by atoms with Gasteiger partial charge in [0.15, 0.2) is 6.61 Å². The summed E-state index contributed by atoms with van der Waals surface area (Å²) in [6.07, 6.45) is -6.94. The highest BCUT2D eigenvalue weighted by Gasteiger charge is 2.73. The molecule has 0 bridgehead atoms. The lowest BCUT2D eigenvalue weighted by Gasteiger charge is -2.27. The number of hydrogen-bond donors (Lipinski definition) is 0. The molecule has 11 heteroatoms. The number of alkyl halides is 7. The molecule has 0 atom stereocenters. The highest BCUT2D eigenvalue weighted by Crippen LogP contribution is 2.46. The summed E-state index contributed by atoms with van der Waals surface area (Å²) in [6.45, 7) is -0.526. The molecule has 23 heavy (non-hydrogen) atoms.